The van der Waals surface area contributed by atoms with Crippen LogP contribution < -0.4 is 0 Å². The molecule has 0 saturated heterocycles. The second-order valence-corrected chi connectivity index (χ2v) is 6.50. The smallest absolute Gasteiger partial charge is 0.119 e. The summed E-state index contributed by atoms with van der Waals surface area (Å²) in [5, 5.41) is 29.9. The average Bonchev–Trinajstić information content (AvgIpc) is 2.38. The summed E-state index contributed by atoms with van der Waals surface area (Å²) in [6.07, 6.45) is 3.88. The first-order chi connectivity index (χ1) is 10.1. The average molecular weight is 312 g/mol. The number of ether oxygens (including phenoxy) is 1. The van der Waals surface area contributed by atoms with Gasteiger partial charge in [-0.05, 0) is 31.0 Å². The molecule has 1 unspecified atom stereocenters. The summed E-state index contributed by atoms with van der Waals surface area (Å²) < 4.78 is 4.25. The van der Waals surface area contributed by atoms with Crippen LogP contribution in [-0.4, -0.2) is 35.1 Å². The van der Waals surface area contributed by atoms with E-state index in [-0.39, 0.29) is 11.5 Å². The Morgan fingerprint density at radius 2 is 1.41 bits per heavy atom. The quantitative estimate of drug-likeness (QED) is 0.695. The Morgan fingerprint density at radius 3 is 1.82 bits per heavy atom. The highest BCUT2D eigenvalue weighted by atomic mass is 16.4. The molecule has 1 rings (SSSR count). The van der Waals surface area contributed by atoms with E-state index in [9.17, 15) is 15.3 Å². The van der Waals surface area contributed by atoms with Crippen molar-refractivity contribution in [3.05, 3.63) is 23.8 Å². The number of hydrogen-bond acceptors (Lipinski definition) is 4. The molecule has 0 aliphatic heterocycles. The third kappa shape index (κ3) is 5.85. The maximum atomic E-state index is 10.7. The molecule has 0 bridgehead atoms. The number of aromatic hydroxyl groups is 2. The summed E-state index contributed by atoms with van der Waals surface area (Å²) in [5.74, 6) is 0.0415. The minimum Gasteiger partial charge on any atom is -0.508 e. The van der Waals surface area contributed by atoms with E-state index in [4.69, 9.17) is 0 Å². The minimum absolute atomic E-state index is 0.0208. The van der Waals surface area contributed by atoms with Crippen molar-refractivity contribution >= 4 is 0 Å². The topological polar surface area (TPSA) is 69.9 Å². The second kappa shape index (κ2) is 9.01. The molecule has 0 saturated carbocycles. The summed E-state index contributed by atoms with van der Waals surface area (Å²) in [7, 11) is 3.25. The van der Waals surface area contributed by atoms with Crippen LogP contribution in [0.15, 0.2) is 18.2 Å². The number of methoxy groups -OCH3 is 1. The van der Waals surface area contributed by atoms with Crippen molar-refractivity contribution in [2.45, 2.75) is 64.4 Å². The summed E-state index contributed by atoms with van der Waals surface area (Å²) in [4.78, 5) is 0. The number of unbranched alkanes of at least 4 members (excludes halogenated alkanes) is 2. The van der Waals surface area contributed by atoms with E-state index in [2.05, 4.69) is 11.7 Å². The molecule has 4 nitrogen and oxygen atoms in total. The monoisotopic (exact) mass is 312 g/mol. The normalized spacial score (nSPS) is 14.0. The zero-order chi connectivity index (χ0) is 17.4. The van der Waals surface area contributed by atoms with E-state index in [1.807, 2.05) is 20.8 Å². The first kappa shape index (κ1) is 20.7. The molecule has 4 heteroatoms. The Labute approximate surface area is 134 Å². The van der Waals surface area contributed by atoms with Gasteiger partial charge in [-0.15, -0.1) is 0 Å². The van der Waals surface area contributed by atoms with Crippen LogP contribution in [0.4, 0.5) is 0 Å². The molecular weight excluding hydrogens is 280 g/mol. The van der Waals surface area contributed by atoms with Crippen LogP contribution in [0.5, 0.6) is 11.5 Å². The summed E-state index contributed by atoms with van der Waals surface area (Å²) in [6, 6.07) is 4.51. The molecule has 0 fully saturated rings. The van der Waals surface area contributed by atoms with Crippen molar-refractivity contribution in [3.63, 3.8) is 0 Å². The van der Waals surface area contributed by atoms with E-state index < -0.39 is 11.0 Å². The second-order valence-electron chi connectivity index (χ2n) is 6.50. The van der Waals surface area contributed by atoms with Gasteiger partial charge in [-0.2, -0.15) is 0 Å². The lowest BCUT2D eigenvalue weighted by Crippen LogP contribution is -2.45. The zero-order valence-electron chi connectivity index (χ0n) is 14.8. The van der Waals surface area contributed by atoms with E-state index >= 15 is 0 Å². The number of aliphatic hydroxyl groups is 1. The highest BCUT2D eigenvalue weighted by Crippen LogP contribution is 2.40. The van der Waals surface area contributed by atoms with Crippen LogP contribution in [0.2, 0.25) is 0 Å². The number of benzene rings is 1. The molecule has 0 heterocycles. The maximum Gasteiger partial charge on any atom is 0.119 e. The Balaban J connectivity index is 0.00000135. The molecule has 0 aliphatic rings. The number of hydrogen-bond donors (Lipinski definition) is 3. The molecule has 0 amide bonds. The largest absolute Gasteiger partial charge is 0.508 e. The lowest BCUT2D eigenvalue weighted by atomic mass is 9.69. The zero-order valence-corrected chi connectivity index (χ0v) is 14.8. The van der Waals surface area contributed by atoms with Gasteiger partial charge in [0.25, 0.3) is 0 Å². The van der Waals surface area contributed by atoms with Crippen LogP contribution in [0.3, 0.4) is 0 Å². The van der Waals surface area contributed by atoms with Gasteiger partial charge >= 0.3 is 0 Å². The number of rotatable bonds is 6. The first-order valence-corrected chi connectivity index (χ1v) is 7.78. The van der Waals surface area contributed by atoms with E-state index in [0.717, 1.165) is 24.8 Å². The van der Waals surface area contributed by atoms with Crippen LogP contribution in [-0.2, 0) is 10.2 Å². The summed E-state index contributed by atoms with van der Waals surface area (Å²) >= 11 is 0. The van der Waals surface area contributed by atoms with Crippen molar-refractivity contribution < 1.29 is 20.1 Å². The van der Waals surface area contributed by atoms with Crippen molar-refractivity contribution in [1.82, 2.24) is 0 Å². The molecule has 0 spiro atoms. The fourth-order valence-corrected chi connectivity index (χ4v) is 2.30. The van der Waals surface area contributed by atoms with Gasteiger partial charge in [0, 0.05) is 25.7 Å². The summed E-state index contributed by atoms with van der Waals surface area (Å²) in [5.41, 5.74) is -0.689. The third-order valence-electron chi connectivity index (χ3n) is 4.24. The van der Waals surface area contributed by atoms with Gasteiger partial charge < -0.3 is 20.1 Å². The molecule has 0 radical (unpaired) electrons. The van der Waals surface area contributed by atoms with Crippen LogP contribution >= 0.6 is 0 Å². The first-order valence-electron chi connectivity index (χ1n) is 7.78. The molecule has 1 aromatic carbocycles. The SMILES string of the molecule is CCCCCC(C)(O)C(C)(C)c1cc(O)cc(O)c1.COC. The molecular formula is C18H32O4. The van der Waals surface area contributed by atoms with Crippen LogP contribution in [0.1, 0.15) is 58.9 Å². The van der Waals surface area contributed by atoms with Crippen LogP contribution in [0.25, 0.3) is 0 Å². The lowest BCUT2D eigenvalue weighted by molar-refractivity contribution is -0.0183. The Morgan fingerprint density at radius 1 is 0.955 bits per heavy atom. The van der Waals surface area contributed by atoms with Gasteiger partial charge in [0.1, 0.15) is 11.5 Å². The van der Waals surface area contributed by atoms with Crippen molar-refractivity contribution in [1.29, 1.82) is 0 Å². The molecule has 0 aromatic heterocycles. The lowest BCUT2D eigenvalue weighted by Gasteiger charge is -2.41. The predicted molar refractivity (Wildman–Crippen MR) is 90.5 cm³/mol. The van der Waals surface area contributed by atoms with E-state index in [1.54, 1.807) is 26.4 Å². The van der Waals surface area contributed by atoms with Gasteiger partial charge in [0.15, 0.2) is 0 Å². The Kier molecular flexibility index (Phi) is 8.49. The Hall–Kier alpha value is -1.26. The molecule has 22 heavy (non-hydrogen) atoms. The molecule has 128 valence electrons. The third-order valence-corrected chi connectivity index (χ3v) is 4.24. The molecule has 0 aliphatic carbocycles. The van der Waals surface area contributed by atoms with E-state index in [1.165, 1.54) is 6.07 Å². The standard InChI is InChI=1S/C16H26O3.C2H6O/c1-5-6-7-8-16(4,19)15(2,3)12-9-13(17)11-14(18)10-12;1-3-2/h9-11,17-19H,5-8H2,1-4H3;1-2H3. The molecule has 1 atom stereocenters. The van der Waals surface area contributed by atoms with Gasteiger partial charge in [-0.25, -0.2) is 0 Å². The summed E-state index contributed by atoms with van der Waals surface area (Å²) in [6.45, 7) is 7.83. The highest BCUT2D eigenvalue weighted by molar-refractivity contribution is 5.41. The fraction of sp³-hybridized carbons (Fsp3) is 0.667. The van der Waals surface area contributed by atoms with Crippen molar-refractivity contribution in [3.8, 4) is 11.5 Å². The van der Waals surface area contributed by atoms with Crippen molar-refractivity contribution in [2.24, 2.45) is 0 Å². The molecule has 1 aromatic rings. The number of phenolic OH excluding ortho intramolecular Hbond substituents is 2. The molecule has 3 N–H and O–H groups in total. The van der Waals surface area contributed by atoms with Crippen molar-refractivity contribution in [2.75, 3.05) is 14.2 Å². The van der Waals surface area contributed by atoms with Gasteiger partial charge in [0.05, 0.1) is 5.60 Å². The fourth-order valence-electron chi connectivity index (χ4n) is 2.30. The number of phenols is 2. The minimum atomic E-state index is -0.887. The predicted octanol–water partition coefficient (Wildman–Crippen LogP) is 3.97. The Bertz CT molecular complexity index is 418. The highest BCUT2D eigenvalue weighted by Gasteiger charge is 2.40. The van der Waals surface area contributed by atoms with Gasteiger partial charge in [-0.1, -0.05) is 40.0 Å². The van der Waals surface area contributed by atoms with E-state index in [0.29, 0.717) is 6.42 Å². The van der Waals surface area contributed by atoms with Gasteiger partial charge in [0.2, 0.25) is 0 Å². The van der Waals surface area contributed by atoms with Crippen LogP contribution in [0, 0.1) is 0 Å². The van der Waals surface area contributed by atoms with Gasteiger partial charge in [-0.3, -0.25) is 0 Å². The maximum absolute atomic E-state index is 10.7.